The Kier molecular flexibility index (Phi) is 6.83. The number of ether oxygens (including phenoxy) is 2. The topological polar surface area (TPSA) is 69.2 Å². The monoisotopic (exact) mass is 342 g/mol. The van der Waals surface area contributed by atoms with E-state index in [-0.39, 0.29) is 12.5 Å². The summed E-state index contributed by atoms with van der Waals surface area (Å²) < 4.78 is 10.7. The Balaban J connectivity index is 1.86. The molecule has 0 aliphatic heterocycles. The van der Waals surface area contributed by atoms with Crippen LogP contribution in [-0.2, 0) is 9.63 Å². The first-order valence-corrected chi connectivity index (χ1v) is 7.95. The highest BCUT2D eigenvalue weighted by molar-refractivity contribution is 5.92. The molecule has 6 nitrogen and oxygen atoms in total. The van der Waals surface area contributed by atoms with E-state index >= 15 is 0 Å². The van der Waals surface area contributed by atoms with E-state index in [0.717, 1.165) is 16.8 Å². The zero-order chi connectivity index (χ0) is 18.1. The summed E-state index contributed by atoms with van der Waals surface area (Å²) in [5.41, 5.74) is 2.52. The number of anilines is 1. The van der Waals surface area contributed by atoms with Gasteiger partial charge in [-0.1, -0.05) is 23.4 Å². The van der Waals surface area contributed by atoms with Gasteiger partial charge in [-0.05, 0) is 43.7 Å². The molecule has 0 aliphatic carbocycles. The Bertz CT molecular complexity index is 744. The number of oxime groups is 1. The number of nitrogens with zero attached hydrogens (tertiary/aromatic N) is 1. The second kappa shape index (κ2) is 9.32. The van der Waals surface area contributed by atoms with Crippen LogP contribution >= 0.6 is 0 Å². The fourth-order valence-corrected chi connectivity index (χ4v) is 2.13. The third-order valence-electron chi connectivity index (χ3n) is 3.38. The maximum atomic E-state index is 11.8. The lowest BCUT2D eigenvalue weighted by molar-refractivity contribution is -0.120. The smallest absolute Gasteiger partial charge is 0.265 e. The predicted octanol–water partition coefficient (Wildman–Crippen LogP) is 3.39. The molecule has 0 saturated carbocycles. The highest BCUT2D eigenvalue weighted by Crippen LogP contribution is 2.27. The number of carbonyl (C=O) groups is 1. The Morgan fingerprint density at radius 1 is 1.20 bits per heavy atom. The number of rotatable bonds is 8. The van der Waals surface area contributed by atoms with E-state index in [9.17, 15) is 4.79 Å². The van der Waals surface area contributed by atoms with E-state index in [1.165, 1.54) is 6.21 Å². The lowest BCUT2D eigenvalue weighted by Gasteiger charge is -2.09. The van der Waals surface area contributed by atoms with Crippen molar-refractivity contribution in [3.63, 3.8) is 0 Å². The summed E-state index contributed by atoms with van der Waals surface area (Å²) in [5, 5.41) is 6.59. The third kappa shape index (κ3) is 5.53. The predicted molar refractivity (Wildman–Crippen MR) is 97.5 cm³/mol. The zero-order valence-electron chi connectivity index (χ0n) is 14.6. The summed E-state index contributed by atoms with van der Waals surface area (Å²) >= 11 is 0. The van der Waals surface area contributed by atoms with E-state index in [1.54, 1.807) is 19.2 Å². The molecule has 1 N–H and O–H groups in total. The number of carbonyl (C=O) groups excluding carboxylic acids is 1. The van der Waals surface area contributed by atoms with Crippen molar-refractivity contribution in [1.29, 1.82) is 0 Å². The molecule has 0 fully saturated rings. The summed E-state index contributed by atoms with van der Waals surface area (Å²) in [7, 11) is 1.57. The minimum atomic E-state index is -0.268. The van der Waals surface area contributed by atoms with Gasteiger partial charge in [-0.3, -0.25) is 4.79 Å². The molecule has 6 heteroatoms. The van der Waals surface area contributed by atoms with Gasteiger partial charge in [-0.2, -0.15) is 0 Å². The molecule has 25 heavy (non-hydrogen) atoms. The lowest BCUT2D eigenvalue weighted by atomic mass is 10.2. The minimum Gasteiger partial charge on any atom is -0.493 e. The second-order valence-corrected chi connectivity index (χ2v) is 5.21. The minimum absolute atomic E-state index is 0.168. The fraction of sp³-hybridized carbons (Fsp3) is 0.263. The van der Waals surface area contributed by atoms with Gasteiger partial charge in [-0.25, -0.2) is 0 Å². The van der Waals surface area contributed by atoms with Crippen molar-refractivity contribution < 1.29 is 19.1 Å². The van der Waals surface area contributed by atoms with Crippen LogP contribution in [0.15, 0.2) is 47.6 Å². The molecule has 0 aliphatic rings. The van der Waals surface area contributed by atoms with Crippen molar-refractivity contribution in [2.45, 2.75) is 13.8 Å². The number of aryl methyl sites for hydroxylation is 1. The molecule has 132 valence electrons. The Hall–Kier alpha value is -3.02. The molecule has 0 radical (unpaired) electrons. The van der Waals surface area contributed by atoms with Gasteiger partial charge in [0.15, 0.2) is 18.1 Å². The number of nitrogens with one attached hydrogen (secondary N) is 1. The number of hydrogen-bond donors (Lipinski definition) is 1. The Morgan fingerprint density at radius 3 is 2.72 bits per heavy atom. The highest BCUT2D eigenvalue weighted by Gasteiger charge is 2.05. The van der Waals surface area contributed by atoms with Gasteiger partial charge in [0.05, 0.1) is 19.9 Å². The molecule has 0 aromatic heterocycles. The Labute approximate surface area is 147 Å². The molecule has 2 rings (SSSR count). The van der Waals surface area contributed by atoms with Crippen LogP contribution in [0.2, 0.25) is 0 Å². The van der Waals surface area contributed by atoms with Gasteiger partial charge in [0.2, 0.25) is 0 Å². The average molecular weight is 342 g/mol. The van der Waals surface area contributed by atoms with Gasteiger partial charge < -0.3 is 19.6 Å². The SMILES string of the molecule is CCOc1ccc(C=NOCC(=O)Nc2ccccc2C)cc1OC. The van der Waals surface area contributed by atoms with Crippen molar-refractivity contribution in [3.8, 4) is 11.5 Å². The number of benzene rings is 2. The Morgan fingerprint density at radius 2 is 2.00 bits per heavy atom. The van der Waals surface area contributed by atoms with Crippen molar-refractivity contribution in [2.24, 2.45) is 5.16 Å². The number of amides is 1. The van der Waals surface area contributed by atoms with Gasteiger partial charge in [0.25, 0.3) is 5.91 Å². The normalized spacial score (nSPS) is 10.5. The van der Waals surface area contributed by atoms with Crippen LogP contribution in [0.5, 0.6) is 11.5 Å². The van der Waals surface area contributed by atoms with Gasteiger partial charge in [-0.15, -0.1) is 0 Å². The first kappa shape index (κ1) is 18.3. The largest absolute Gasteiger partial charge is 0.493 e. The molecular formula is C19H22N2O4. The summed E-state index contributed by atoms with van der Waals surface area (Å²) in [5.74, 6) is 1.01. The third-order valence-corrected chi connectivity index (χ3v) is 3.38. The summed E-state index contributed by atoms with van der Waals surface area (Å²) in [6, 6.07) is 12.9. The van der Waals surface area contributed by atoms with E-state index in [1.807, 2.05) is 44.2 Å². The molecule has 2 aromatic rings. The molecule has 0 atom stereocenters. The van der Waals surface area contributed by atoms with Crippen LogP contribution in [0.3, 0.4) is 0 Å². The summed E-state index contributed by atoms with van der Waals surface area (Å²) in [6.07, 6.45) is 1.51. The van der Waals surface area contributed by atoms with Crippen LogP contribution in [0.4, 0.5) is 5.69 Å². The molecule has 0 spiro atoms. The lowest BCUT2D eigenvalue weighted by Crippen LogP contribution is -2.17. The van der Waals surface area contributed by atoms with Crippen LogP contribution in [0.1, 0.15) is 18.1 Å². The molecule has 1 amide bonds. The molecule has 0 heterocycles. The first-order chi connectivity index (χ1) is 12.1. The van der Waals surface area contributed by atoms with Gasteiger partial charge >= 0.3 is 0 Å². The van der Waals surface area contributed by atoms with Crippen LogP contribution in [-0.4, -0.2) is 32.4 Å². The second-order valence-electron chi connectivity index (χ2n) is 5.21. The van der Waals surface area contributed by atoms with Crippen LogP contribution < -0.4 is 14.8 Å². The average Bonchev–Trinajstić information content (AvgIpc) is 2.62. The molecule has 0 unspecified atom stereocenters. The van der Waals surface area contributed by atoms with Crippen molar-refractivity contribution in [3.05, 3.63) is 53.6 Å². The quantitative estimate of drug-likeness (QED) is 0.590. The number of hydrogen-bond acceptors (Lipinski definition) is 5. The molecule has 0 bridgehead atoms. The zero-order valence-corrected chi connectivity index (χ0v) is 14.6. The van der Waals surface area contributed by atoms with E-state index in [0.29, 0.717) is 18.1 Å². The van der Waals surface area contributed by atoms with E-state index in [4.69, 9.17) is 14.3 Å². The maximum absolute atomic E-state index is 11.8. The van der Waals surface area contributed by atoms with Gasteiger partial charge in [0, 0.05) is 11.3 Å². The maximum Gasteiger partial charge on any atom is 0.265 e. The highest BCUT2D eigenvalue weighted by atomic mass is 16.6. The fourth-order valence-electron chi connectivity index (χ4n) is 2.13. The molecule has 2 aromatic carbocycles. The van der Waals surface area contributed by atoms with Crippen molar-refractivity contribution in [1.82, 2.24) is 0 Å². The standard InChI is InChI=1S/C19H22N2O4/c1-4-24-17-10-9-15(11-18(17)23-3)12-20-25-13-19(22)21-16-8-6-5-7-14(16)2/h5-12H,4,13H2,1-3H3,(H,21,22). The van der Waals surface area contributed by atoms with Gasteiger partial charge in [0.1, 0.15) is 0 Å². The number of methoxy groups -OCH3 is 1. The first-order valence-electron chi connectivity index (χ1n) is 7.95. The van der Waals surface area contributed by atoms with Crippen LogP contribution in [0, 0.1) is 6.92 Å². The number of para-hydroxylation sites is 1. The van der Waals surface area contributed by atoms with Crippen LogP contribution in [0.25, 0.3) is 0 Å². The van der Waals surface area contributed by atoms with E-state index in [2.05, 4.69) is 10.5 Å². The molecular weight excluding hydrogens is 320 g/mol. The van der Waals surface area contributed by atoms with Crippen molar-refractivity contribution in [2.75, 3.05) is 25.6 Å². The summed E-state index contributed by atoms with van der Waals surface area (Å²) in [4.78, 5) is 16.9. The molecule has 0 saturated heterocycles. The summed E-state index contributed by atoms with van der Waals surface area (Å²) in [6.45, 7) is 4.22. The van der Waals surface area contributed by atoms with E-state index < -0.39 is 0 Å². The van der Waals surface area contributed by atoms with Crippen molar-refractivity contribution >= 4 is 17.8 Å².